The number of hydrogen-bond acceptors (Lipinski definition) is 2. The topological polar surface area (TPSA) is 69.6 Å². The highest BCUT2D eigenvalue weighted by Crippen LogP contribution is 2.11. The van der Waals surface area contributed by atoms with E-state index >= 15 is 0 Å². The average Bonchev–Trinajstić information content (AvgIpc) is 2.15. The maximum Gasteiger partial charge on any atom is 0.317 e. The number of carboxylic acids is 1. The number of aliphatic carboxylic acids is 1. The molecule has 17 heavy (non-hydrogen) atoms. The Morgan fingerprint density at radius 1 is 1.35 bits per heavy atom. The summed E-state index contributed by atoms with van der Waals surface area (Å²) in [6.45, 7) is 6.50. The molecule has 0 bridgehead atoms. The van der Waals surface area contributed by atoms with Crippen LogP contribution >= 0.6 is 0 Å². The monoisotopic (exact) mass is 244 g/mol. The fraction of sp³-hybridized carbons (Fsp3) is 0.833. The molecule has 0 saturated carbocycles. The highest BCUT2D eigenvalue weighted by molar-refractivity contribution is 5.74. The van der Waals surface area contributed by atoms with Gasteiger partial charge in [0.1, 0.15) is 0 Å². The molecule has 0 aliphatic carbocycles. The van der Waals surface area contributed by atoms with Crippen molar-refractivity contribution in [2.75, 3.05) is 13.6 Å². The largest absolute Gasteiger partial charge is 0.481 e. The van der Waals surface area contributed by atoms with Crippen molar-refractivity contribution in [3.05, 3.63) is 0 Å². The van der Waals surface area contributed by atoms with E-state index in [0.29, 0.717) is 13.0 Å². The summed E-state index contributed by atoms with van der Waals surface area (Å²) < 4.78 is 0. The van der Waals surface area contributed by atoms with Crippen molar-refractivity contribution in [3.63, 3.8) is 0 Å². The Bertz CT molecular complexity index is 264. The van der Waals surface area contributed by atoms with Gasteiger partial charge in [-0.15, -0.1) is 0 Å². The molecule has 0 heterocycles. The first-order valence-electron chi connectivity index (χ1n) is 6.03. The third-order valence-electron chi connectivity index (χ3n) is 2.55. The summed E-state index contributed by atoms with van der Waals surface area (Å²) in [5.74, 6) is -0.829. The van der Waals surface area contributed by atoms with Crippen LogP contribution in [0.25, 0.3) is 0 Å². The highest BCUT2D eigenvalue weighted by Gasteiger charge is 2.21. The first kappa shape index (κ1) is 15.7. The lowest BCUT2D eigenvalue weighted by molar-refractivity contribution is -0.137. The maximum atomic E-state index is 11.8. The minimum atomic E-state index is -0.829. The molecule has 0 aliphatic rings. The van der Waals surface area contributed by atoms with E-state index in [0.717, 1.165) is 12.8 Å². The number of carbonyl (C=O) groups is 2. The number of rotatable bonds is 7. The van der Waals surface area contributed by atoms with E-state index in [1.807, 2.05) is 13.8 Å². The zero-order valence-corrected chi connectivity index (χ0v) is 11.2. The number of carbonyl (C=O) groups excluding carboxylic acids is 1. The molecule has 0 unspecified atom stereocenters. The van der Waals surface area contributed by atoms with Crippen LogP contribution in [0, 0.1) is 0 Å². The fourth-order valence-electron chi connectivity index (χ4n) is 1.64. The Morgan fingerprint density at radius 3 is 2.41 bits per heavy atom. The van der Waals surface area contributed by atoms with Gasteiger partial charge in [-0.1, -0.05) is 13.3 Å². The third kappa shape index (κ3) is 7.60. The van der Waals surface area contributed by atoms with Crippen molar-refractivity contribution in [2.24, 2.45) is 0 Å². The smallest absolute Gasteiger partial charge is 0.317 e. The second kappa shape index (κ2) is 7.14. The summed E-state index contributed by atoms with van der Waals surface area (Å²) in [7, 11) is 1.68. The van der Waals surface area contributed by atoms with Gasteiger partial charge in [0.2, 0.25) is 0 Å². The number of amides is 2. The van der Waals surface area contributed by atoms with Crippen LogP contribution in [0.1, 0.15) is 46.5 Å². The summed E-state index contributed by atoms with van der Waals surface area (Å²) in [4.78, 5) is 23.7. The third-order valence-corrected chi connectivity index (χ3v) is 2.55. The van der Waals surface area contributed by atoms with Crippen LogP contribution in [-0.4, -0.2) is 41.1 Å². The summed E-state index contributed by atoms with van der Waals surface area (Å²) >= 11 is 0. The summed E-state index contributed by atoms with van der Waals surface area (Å²) in [6, 6.07) is -0.145. The fourth-order valence-corrected chi connectivity index (χ4v) is 1.64. The molecule has 0 saturated heterocycles. The van der Waals surface area contributed by atoms with Crippen LogP contribution in [0.15, 0.2) is 0 Å². The van der Waals surface area contributed by atoms with Gasteiger partial charge in [-0.05, 0) is 26.7 Å². The molecular formula is C12H24N2O3. The predicted molar refractivity (Wildman–Crippen MR) is 67.0 cm³/mol. The minimum Gasteiger partial charge on any atom is -0.481 e. The second-order valence-electron chi connectivity index (χ2n) is 4.98. The molecule has 0 spiro atoms. The number of nitrogens with one attached hydrogen (secondary N) is 1. The van der Waals surface area contributed by atoms with Crippen LogP contribution in [0.4, 0.5) is 4.79 Å². The molecule has 0 aromatic rings. The molecule has 0 aromatic heterocycles. The molecule has 0 fully saturated rings. The van der Waals surface area contributed by atoms with E-state index in [4.69, 9.17) is 5.11 Å². The molecule has 2 N–H and O–H groups in total. The number of hydrogen-bond donors (Lipinski definition) is 2. The van der Waals surface area contributed by atoms with Crippen molar-refractivity contribution >= 4 is 12.0 Å². The highest BCUT2D eigenvalue weighted by atomic mass is 16.4. The predicted octanol–water partition coefficient (Wildman–Crippen LogP) is 2.07. The lowest BCUT2D eigenvalue weighted by Gasteiger charge is -2.29. The van der Waals surface area contributed by atoms with Crippen molar-refractivity contribution < 1.29 is 14.7 Å². The van der Waals surface area contributed by atoms with Gasteiger partial charge < -0.3 is 15.3 Å². The Balaban J connectivity index is 4.00. The van der Waals surface area contributed by atoms with Crippen LogP contribution in [0.2, 0.25) is 0 Å². The van der Waals surface area contributed by atoms with Crippen LogP contribution in [-0.2, 0) is 4.79 Å². The Morgan fingerprint density at radius 2 is 1.94 bits per heavy atom. The Hall–Kier alpha value is -1.26. The van der Waals surface area contributed by atoms with Gasteiger partial charge in [0, 0.05) is 25.6 Å². The first-order chi connectivity index (χ1) is 7.78. The van der Waals surface area contributed by atoms with Crippen molar-refractivity contribution in [3.8, 4) is 0 Å². The zero-order valence-electron chi connectivity index (χ0n) is 11.2. The summed E-state index contributed by atoms with van der Waals surface area (Å²) in [5.41, 5.74) is -0.215. The number of nitrogens with zero attached hydrogens (tertiary/aromatic N) is 1. The summed E-state index contributed by atoms with van der Waals surface area (Å²) in [6.07, 6.45) is 2.50. The minimum absolute atomic E-state index is 0.0932. The van der Waals surface area contributed by atoms with E-state index in [2.05, 4.69) is 12.2 Å². The van der Waals surface area contributed by atoms with Gasteiger partial charge in [0.05, 0.1) is 0 Å². The van der Waals surface area contributed by atoms with Crippen molar-refractivity contribution in [1.82, 2.24) is 10.2 Å². The van der Waals surface area contributed by atoms with Crippen LogP contribution in [0.5, 0.6) is 0 Å². The maximum absolute atomic E-state index is 11.8. The molecule has 0 rings (SSSR count). The Kier molecular flexibility index (Phi) is 6.61. The van der Waals surface area contributed by atoms with Gasteiger partial charge >= 0.3 is 12.0 Å². The molecule has 100 valence electrons. The first-order valence-corrected chi connectivity index (χ1v) is 6.03. The van der Waals surface area contributed by atoms with Gasteiger partial charge in [-0.2, -0.15) is 0 Å². The molecule has 5 heteroatoms. The standard InChI is InChI=1S/C12H24N2O3/c1-5-8-12(2,3)13-11(17)14(4)9-6-7-10(15)16/h5-9H2,1-4H3,(H,13,17)(H,15,16). The molecule has 0 aliphatic heterocycles. The van der Waals surface area contributed by atoms with Gasteiger partial charge in [0.25, 0.3) is 0 Å². The molecule has 2 amide bonds. The molecule has 5 nitrogen and oxygen atoms in total. The number of urea groups is 1. The Labute approximate surface area is 103 Å². The second-order valence-corrected chi connectivity index (χ2v) is 4.98. The average molecular weight is 244 g/mol. The molecular weight excluding hydrogens is 220 g/mol. The van der Waals surface area contributed by atoms with Crippen LogP contribution < -0.4 is 5.32 Å². The van der Waals surface area contributed by atoms with E-state index in [9.17, 15) is 9.59 Å². The molecule has 0 radical (unpaired) electrons. The molecule has 0 atom stereocenters. The normalized spacial score (nSPS) is 11.1. The zero-order chi connectivity index (χ0) is 13.5. The lowest BCUT2D eigenvalue weighted by Crippen LogP contribution is -2.49. The van der Waals surface area contributed by atoms with Crippen LogP contribution in [0.3, 0.4) is 0 Å². The number of carboxylic acid groups (broad SMARTS) is 1. The quantitative estimate of drug-likeness (QED) is 0.720. The van der Waals surface area contributed by atoms with Gasteiger partial charge in [0.15, 0.2) is 0 Å². The van der Waals surface area contributed by atoms with Crippen molar-refractivity contribution in [1.29, 1.82) is 0 Å². The van der Waals surface area contributed by atoms with Gasteiger partial charge in [-0.25, -0.2) is 4.79 Å². The van der Waals surface area contributed by atoms with E-state index in [1.165, 1.54) is 4.90 Å². The van der Waals surface area contributed by atoms with E-state index in [1.54, 1.807) is 7.05 Å². The van der Waals surface area contributed by atoms with E-state index in [-0.39, 0.29) is 18.0 Å². The van der Waals surface area contributed by atoms with Gasteiger partial charge in [-0.3, -0.25) is 4.79 Å². The van der Waals surface area contributed by atoms with E-state index < -0.39 is 5.97 Å². The lowest BCUT2D eigenvalue weighted by atomic mass is 9.99. The SMILES string of the molecule is CCCC(C)(C)NC(=O)N(C)CCCC(=O)O. The van der Waals surface area contributed by atoms with Crippen molar-refractivity contribution in [2.45, 2.75) is 52.0 Å². The summed E-state index contributed by atoms with van der Waals surface area (Å²) in [5, 5.41) is 11.4. The molecule has 0 aromatic carbocycles.